The highest BCUT2D eigenvalue weighted by atomic mass is 15.2. The summed E-state index contributed by atoms with van der Waals surface area (Å²) in [6, 6.07) is 12.8. The first-order chi connectivity index (χ1) is 9.24. The van der Waals surface area contributed by atoms with Crippen molar-refractivity contribution in [1.82, 2.24) is 4.98 Å². The molecule has 3 rings (SSSR count). The fourth-order valence-corrected chi connectivity index (χ4v) is 2.55. The topological polar surface area (TPSA) is 42.1 Å². The van der Waals surface area contributed by atoms with Crippen LogP contribution in [0.25, 0.3) is 0 Å². The van der Waals surface area contributed by atoms with Gasteiger partial charge in [0, 0.05) is 25.3 Å². The van der Waals surface area contributed by atoms with E-state index in [1.54, 1.807) is 0 Å². The van der Waals surface area contributed by atoms with Crippen LogP contribution < -0.4 is 10.6 Å². The lowest BCUT2D eigenvalue weighted by atomic mass is 10.00. The zero-order chi connectivity index (χ0) is 13.2. The van der Waals surface area contributed by atoms with Crippen molar-refractivity contribution < 1.29 is 0 Å². The van der Waals surface area contributed by atoms with Crippen LogP contribution in [-0.4, -0.2) is 11.5 Å². The van der Waals surface area contributed by atoms with E-state index in [2.05, 4.69) is 46.3 Å². The van der Waals surface area contributed by atoms with Crippen molar-refractivity contribution in [1.29, 1.82) is 0 Å². The van der Waals surface area contributed by atoms with Gasteiger partial charge in [-0.1, -0.05) is 30.3 Å². The first-order valence-electron chi connectivity index (χ1n) is 6.77. The molecule has 2 aromatic rings. The molecule has 0 bridgehead atoms. The molecule has 1 atom stereocenters. The smallest absolute Gasteiger partial charge is 0.128 e. The second-order valence-electron chi connectivity index (χ2n) is 5.18. The highest BCUT2D eigenvalue weighted by molar-refractivity contribution is 5.44. The second kappa shape index (κ2) is 5.02. The molecule has 0 saturated carbocycles. The molecule has 2 heterocycles. The van der Waals surface area contributed by atoms with Gasteiger partial charge in [-0.15, -0.1) is 0 Å². The lowest BCUT2D eigenvalue weighted by Crippen LogP contribution is -2.30. The fourth-order valence-electron chi connectivity index (χ4n) is 2.55. The number of nitrogens with two attached hydrogens (primary N) is 1. The number of hydrogen-bond donors (Lipinski definition) is 1. The zero-order valence-corrected chi connectivity index (χ0v) is 11.2. The van der Waals surface area contributed by atoms with Gasteiger partial charge >= 0.3 is 0 Å². The summed E-state index contributed by atoms with van der Waals surface area (Å²) in [6.45, 7) is 3.95. The summed E-state index contributed by atoms with van der Waals surface area (Å²) < 4.78 is 0. The number of benzene rings is 1. The molecule has 1 aromatic heterocycles. The van der Waals surface area contributed by atoms with E-state index in [-0.39, 0.29) is 6.04 Å². The van der Waals surface area contributed by atoms with Gasteiger partial charge in [-0.05, 0) is 36.1 Å². The lowest BCUT2D eigenvalue weighted by Gasteiger charge is -2.29. The molecule has 0 radical (unpaired) electrons. The molecule has 3 heteroatoms. The van der Waals surface area contributed by atoms with Crippen molar-refractivity contribution >= 4 is 5.82 Å². The summed E-state index contributed by atoms with van der Waals surface area (Å²) in [4.78, 5) is 6.87. The molecule has 0 saturated heterocycles. The minimum atomic E-state index is 0.0450. The van der Waals surface area contributed by atoms with Gasteiger partial charge in [-0.2, -0.15) is 0 Å². The van der Waals surface area contributed by atoms with Crippen LogP contribution in [0.4, 0.5) is 5.82 Å². The monoisotopic (exact) mass is 253 g/mol. The number of nitrogens with zero attached hydrogens (tertiary/aromatic N) is 2. The Balaban J connectivity index is 1.81. The molecule has 98 valence electrons. The summed E-state index contributed by atoms with van der Waals surface area (Å²) in [5, 5.41) is 0. The molecule has 0 amide bonds. The molecular weight excluding hydrogens is 234 g/mol. The maximum Gasteiger partial charge on any atom is 0.128 e. The zero-order valence-electron chi connectivity index (χ0n) is 11.2. The van der Waals surface area contributed by atoms with Gasteiger partial charge in [0.1, 0.15) is 5.82 Å². The Hall–Kier alpha value is -1.87. The molecule has 0 aliphatic carbocycles. The maximum atomic E-state index is 5.85. The van der Waals surface area contributed by atoms with Crippen molar-refractivity contribution in [2.45, 2.75) is 25.9 Å². The second-order valence-corrected chi connectivity index (χ2v) is 5.18. The third kappa shape index (κ3) is 2.47. The van der Waals surface area contributed by atoms with Gasteiger partial charge in [-0.3, -0.25) is 0 Å². The summed E-state index contributed by atoms with van der Waals surface area (Å²) in [7, 11) is 0. The summed E-state index contributed by atoms with van der Waals surface area (Å²) >= 11 is 0. The van der Waals surface area contributed by atoms with Crippen molar-refractivity contribution in [3.05, 3.63) is 59.3 Å². The molecule has 1 aromatic carbocycles. The van der Waals surface area contributed by atoms with Crippen LogP contribution in [0.1, 0.15) is 29.7 Å². The first kappa shape index (κ1) is 12.2. The molecule has 1 unspecified atom stereocenters. The van der Waals surface area contributed by atoms with Gasteiger partial charge < -0.3 is 10.6 Å². The highest BCUT2D eigenvalue weighted by Crippen LogP contribution is 2.23. The quantitative estimate of drug-likeness (QED) is 0.894. The van der Waals surface area contributed by atoms with E-state index in [0.717, 1.165) is 30.9 Å². The van der Waals surface area contributed by atoms with Gasteiger partial charge in [0.2, 0.25) is 0 Å². The minimum absolute atomic E-state index is 0.0450. The van der Waals surface area contributed by atoms with E-state index in [9.17, 15) is 0 Å². The predicted molar refractivity (Wildman–Crippen MR) is 78.0 cm³/mol. The number of pyridine rings is 1. The molecular formula is C16H19N3. The summed E-state index contributed by atoms with van der Waals surface area (Å²) in [6.07, 6.45) is 2.98. The number of rotatable bonds is 2. The van der Waals surface area contributed by atoms with Crippen molar-refractivity contribution in [3.8, 4) is 0 Å². The van der Waals surface area contributed by atoms with Crippen LogP contribution in [0.2, 0.25) is 0 Å². The van der Waals surface area contributed by atoms with Crippen LogP contribution >= 0.6 is 0 Å². The normalized spacial score (nSPS) is 16.0. The summed E-state index contributed by atoms with van der Waals surface area (Å²) in [5.74, 6) is 1.04. The third-order valence-electron chi connectivity index (χ3n) is 3.75. The van der Waals surface area contributed by atoms with Crippen molar-refractivity contribution in [3.63, 3.8) is 0 Å². The molecule has 2 N–H and O–H groups in total. The van der Waals surface area contributed by atoms with Crippen molar-refractivity contribution in [2.75, 3.05) is 11.4 Å². The molecule has 0 fully saturated rings. The Labute approximate surface area is 114 Å². The van der Waals surface area contributed by atoms with Crippen LogP contribution in [0.3, 0.4) is 0 Å². The number of aromatic nitrogens is 1. The van der Waals surface area contributed by atoms with Crippen LogP contribution in [-0.2, 0) is 13.0 Å². The van der Waals surface area contributed by atoms with E-state index in [1.807, 2.05) is 13.1 Å². The Morgan fingerprint density at radius 1 is 1.16 bits per heavy atom. The number of anilines is 1. The molecule has 3 nitrogen and oxygen atoms in total. The van der Waals surface area contributed by atoms with Crippen LogP contribution in [0.5, 0.6) is 0 Å². The Bertz CT molecular complexity index is 560. The third-order valence-corrected chi connectivity index (χ3v) is 3.75. The van der Waals surface area contributed by atoms with Crippen LogP contribution in [0, 0.1) is 0 Å². The Morgan fingerprint density at radius 2 is 1.95 bits per heavy atom. The highest BCUT2D eigenvalue weighted by Gasteiger charge is 2.16. The SMILES string of the molecule is CC(N)c1ccc(N2CCc3ccccc3C2)nc1. The number of fused-ring (bicyclic) bond motifs is 1. The summed E-state index contributed by atoms with van der Waals surface area (Å²) in [5.41, 5.74) is 9.81. The minimum Gasteiger partial charge on any atom is -0.352 e. The Kier molecular flexibility index (Phi) is 3.22. The van der Waals surface area contributed by atoms with Gasteiger partial charge in [0.15, 0.2) is 0 Å². The van der Waals surface area contributed by atoms with E-state index < -0.39 is 0 Å². The average molecular weight is 253 g/mol. The largest absolute Gasteiger partial charge is 0.352 e. The van der Waals surface area contributed by atoms with E-state index in [1.165, 1.54) is 11.1 Å². The number of hydrogen-bond acceptors (Lipinski definition) is 3. The lowest BCUT2D eigenvalue weighted by molar-refractivity contribution is 0.718. The predicted octanol–water partition coefficient (Wildman–Crippen LogP) is 2.66. The first-order valence-corrected chi connectivity index (χ1v) is 6.77. The van der Waals surface area contributed by atoms with E-state index >= 15 is 0 Å². The van der Waals surface area contributed by atoms with Crippen LogP contribution in [0.15, 0.2) is 42.6 Å². The van der Waals surface area contributed by atoms with E-state index in [4.69, 9.17) is 5.73 Å². The van der Waals surface area contributed by atoms with Gasteiger partial charge in [0.25, 0.3) is 0 Å². The molecule has 0 spiro atoms. The molecule has 19 heavy (non-hydrogen) atoms. The maximum absolute atomic E-state index is 5.85. The van der Waals surface area contributed by atoms with E-state index in [0.29, 0.717) is 0 Å². The molecule has 1 aliphatic heterocycles. The molecule has 1 aliphatic rings. The Morgan fingerprint density at radius 3 is 2.63 bits per heavy atom. The van der Waals surface area contributed by atoms with Crippen molar-refractivity contribution in [2.24, 2.45) is 5.73 Å². The fraction of sp³-hybridized carbons (Fsp3) is 0.312. The van der Waals surface area contributed by atoms with Gasteiger partial charge in [0.05, 0.1) is 0 Å². The van der Waals surface area contributed by atoms with Gasteiger partial charge in [-0.25, -0.2) is 4.98 Å². The average Bonchev–Trinajstić information content (AvgIpc) is 2.47. The standard InChI is InChI=1S/C16H19N3/c1-12(17)14-6-7-16(18-10-14)19-9-8-13-4-2-3-5-15(13)11-19/h2-7,10,12H,8-9,11,17H2,1H3.